The SMILES string of the molecule is CCOc1ccc(C(=O)[C@@H](C)OC(=O)c2ccc(N3CCCC3=O)cc2)cc1. The van der Waals surface area contributed by atoms with E-state index in [0.717, 1.165) is 12.1 Å². The second kappa shape index (κ2) is 8.69. The molecule has 1 heterocycles. The number of ketones is 1. The number of esters is 1. The van der Waals surface area contributed by atoms with Crippen molar-refractivity contribution in [3.05, 3.63) is 59.7 Å². The molecule has 0 spiro atoms. The lowest BCUT2D eigenvalue weighted by Crippen LogP contribution is -2.25. The molecule has 28 heavy (non-hydrogen) atoms. The van der Waals surface area contributed by atoms with Gasteiger partial charge in [0.05, 0.1) is 12.2 Å². The van der Waals surface area contributed by atoms with E-state index in [-0.39, 0.29) is 11.7 Å². The van der Waals surface area contributed by atoms with Gasteiger partial charge in [-0.05, 0) is 68.8 Å². The number of benzene rings is 2. The lowest BCUT2D eigenvalue weighted by Gasteiger charge is -2.16. The Kier molecular flexibility index (Phi) is 6.09. The molecule has 0 aliphatic carbocycles. The predicted octanol–water partition coefficient (Wildman–Crippen LogP) is 3.64. The van der Waals surface area contributed by atoms with Crippen LogP contribution in [0.3, 0.4) is 0 Å². The fraction of sp³-hybridized carbons (Fsp3) is 0.318. The molecule has 146 valence electrons. The number of hydrogen-bond donors (Lipinski definition) is 0. The second-order valence-electron chi connectivity index (χ2n) is 6.56. The van der Waals surface area contributed by atoms with Gasteiger partial charge in [-0.25, -0.2) is 4.79 Å². The van der Waals surface area contributed by atoms with Crippen LogP contribution in [0.2, 0.25) is 0 Å². The van der Waals surface area contributed by atoms with E-state index in [1.165, 1.54) is 0 Å². The van der Waals surface area contributed by atoms with Crippen molar-refractivity contribution >= 4 is 23.3 Å². The van der Waals surface area contributed by atoms with Crippen LogP contribution in [0.1, 0.15) is 47.4 Å². The summed E-state index contributed by atoms with van der Waals surface area (Å²) in [6.07, 6.45) is 0.480. The van der Waals surface area contributed by atoms with E-state index in [0.29, 0.717) is 36.4 Å². The molecule has 6 heteroatoms. The van der Waals surface area contributed by atoms with Gasteiger partial charge < -0.3 is 14.4 Å². The molecular weight excluding hydrogens is 358 g/mol. The summed E-state index contributed by atoms with van der Waals surface area (Å²) in [6, 6.07) is 13.4. The Morgan fingerprint density at radius 3 is 2.25 bits per heavy atom. The number of anilines is 1. The first-order chi connectivity index (χ1) is 13.5. The normalized spacial score (nSPS) is 14.6. The zero-order valence-electron chi connectivity index (χ0n) is 16.0. The molecule has 0 unspecified atom stereocenters. The molecule has 1 fully saturated rings. The van der Waals surface area contributed by atoms with Crippen LogP contribution in [-0.2, 0) is 9.53 Å². The summed E-state index contributed by atoms with van der Waals surface area (Å²) in [5.41, 5.74) is 1.55. The van der Waals surface area contributed by atoms with Crippen LogP contribution < -0.4 is 9.64 Å². The van der Waals surface area contributed by atoms with Crippen molar-refractivity contribution in [3.63, 3.8) is 0 Å². The van der Waals surface area contributed by atoms with E-state index in [2.05, 4.69) is 0 Å². The van der Waals surface area contributed by atoms with Crippen LogP contribution >= 0.6 is 0 Å². The number of ether oxygens (including phenoxy) is 2. The Morgan fingerprint density at radius 1 is 1.04 bits per heavy atom. The first-order valence-electron chi connectivity index (χ1n) is 9.38. The molecule has 1 atom stereocenters. The van der Waals surface area contributed by atoms with Gasteiger partial charge in [0.1, 0.15) is 5.75 Å². The molecule has 0 radical (unpaired) electrons. The first kappa shape index (κ1) is 19.6. The van der Waals surface area contributed by atoms with Gasteiger partial charge in [0, 0.05) is 24.2 Å². The summed E-state index contributed by atoms with van der Waals surface area (Å²) in [6.45, 7) is 4.67. The summed E-state index contributed by atoms with van der Waals surface area (Å²) >= 11 is 0. The Bertz CT molecular complexity index is 858. The van der Waals surface area contributed by atoms with Crippen molar-refractivity contribution in [3.8, 4) is 5.75 Å². The maximum absolute atomic E-state index is 12.5. The van der Waals surface area contributed by atoms with Crippen LogP contribution in [0.15, 0.2) is 48.5 Å². The predicted molar refractivity (Wildman–Crippen MR) is 105 cm³/mol. The van der Waals surface area contributed by atoms with Crippen molar-refractivity contribution < 1.29 is 23.9 Å². The van der Waals surface area contributed by atoms with Gasteiger partial charge >= 0.3 is 5.97 Å². The lowest BCUT2D eigenvalue weighted by atomic mass is 10.1. The van der Waals surface area contributed by atoms with Crippen molar-refractivity contribution in [2.24, 2.45) is 0 Å². The quantitative estimate of drug-likeness (QED) is 0.541. The molecule has 0 saturated carbocycles. The number of carbonyl (C=O) groups excluding carboxylic acids is 3. The average Bonchev–Trinajstić information content (AvgIpc) is 3.14. The van der Waals surface area contributed by atoms with E-state index < -0.39 is 12.1 Å². The topological polar surface area (TPSA) is 72.9 Å². The molecule has 1 aliphatic rings. The minimum Gasteiger partial charge on any atom is -0.494 e. The minimum absolute atomic E-state index is 0.0879. The Labute approximate surface area is 164 Å². The molecule has 0 N–H and O–H groups in total. The molecule has 1 amide bonds. The zero-order chi connectivity index (χ0) is 20.1. The third kappa shape index (κ3) is 4.39. The van der Waals surface area contributed by atoms with E-state index in [1.807, 2.05) is 6.92 Å². The van der Waals surface area contributed by atoms with E-state index >= 15 is 0 Å². The third-order valence-corrected chi connectivity index (χ3v) is 4.59. The smallest absolute Gasteiger partial charge is 0.338 e. The minimum atomic E-state index is -0.912. The van der Waals surface area contributed by atoms with Crippen molar-refractivity contribution in [1.29, 1.82) is 0 Å². The summed E-state index contributed by atoms with van der Waals surface area (Å²) in [7, 11) is 0. The van der Waals surface area contributed by atoms with Crippen LogP contribution in [0.4, 0.5) is 5.69 Å². The van der Waals surface area contributed by atoms with Crippen LogP contribution in [-0.4, -0.2) is 36.9 Å². The van der Waals surface area contributed by atoms with Gasteiger partial charge in [-0.3, -0.25) is 9.59 Å². The molecule has 0 bridgehead atoms. The molecule has 2 aromatic rings. The largest absolute Gasteiger partial charge is 0.494 e. The number of carbonyl (C=O) groups is 3. The summed E-state index contributed by atoms with van der Waals surface area (Å²) < 4.78 is 10.7. The molecule has 6 nitrogen and oxygen atoms in total. The Balaban J connectivity index is 1.61. The number of amides is 1. The average molecular weight is 381 g/mol. The van der Waals surface area contributed by atoms with Gasteiger partial charge in [-0.1, -0.05) is 0 Å². The Morgan fingerprint density at radius 2 is 1.68 bits per heavy atom. The van der Waals surface area contributed by atoms with Crippen LogP contribution in [0.25, 0.3) is 0 Å². The monoisotopic (exact) mass is 381 g/mol. The van der Waals surface area contributed by atoms with E-state index in [4.69, 9.17) is 9.47 Å². The highest BCUT2D eigenvalue weighted by atomic mass is 16.5. The van der Waals surface area contributed by atoms with Crippen LogP contribution in [0, 0.1) is 0 Å². The molecule has 0 aromatic heterocycles. The summed E-state index contributed by atoms with van der Waals surface area (Å²) in [5.74, 6) is -0.0908. The van der Waals surface area contributed by atoms with Crippen LogP contribution in [0.5, 0.6) is 5.75 Å². The van der Waals surface area contributed by atoms with Gasteiger partial charge in [-0.15, -0.1) is 0 Å². The number of nitrogens with zero attached hydrogens (tertiary/aromatic N) is 1. The van der Waals surface area contributed by atoms with E-state index in [9.17, 15) is 14.4 Å². The van der Waals surface area contributed by atoms with Gasteiger partial charge in [0.2, 0.25) is 11.7 Å². The fourth-order valence-corrected chi connectivity index (χ4v) is 3.10. The lowest BCUT2D eigenvalue weighted by molar-refractivity contribution is -0.117. The highest BCUT2D eigenvalue weighted by molar-refractivity contribution is 6.01. The van der Waals surface area contributed by atoms with E-state index in [1.54, 1.807) is 60.4 Å². The summed E-state index contributed by atoms with van der Waals surface area (Å²) in [5, 5.41) is 0. The highest BCUT2D eigenvalue weighted by Gasteiger charge is 2.23. The number of Topliss-reactive ketones (excluding diaryl/α,β-unsaturated/α-hetero) is 1. The summed E-state index contributed by atoms with van der Waals surface area (Å²) in [4.78, 5) is 38.3. The third-order valence-electron chi connectivity index (χ3n) is 4.59. The molecule has 1 aliphatic heterocycles. The Hall–Kier alpha value is -3.15. The zero-order valence-corrected chi connectivity index (χ0v) is 16.0. The highest BCUT2D eigenvalue weighted by Crippen LogP contribution is 2.22. The second-order valence-corrected chi connectivity index (χ2v) is 6.56. The van der Waals surface area contributed by atoms with Crippen molar-refractivity contribution in [2.45, 2.75) is 32.8 Å². The fourth-order valence-electron chi connectivity index (χ4n) is 3.10. The van der Waals surface area contributed by atoms with Gasteiger partial charge in [-0.2, -0.15) is 0 Å². The maximum atomic E-state index is 12.5. The molecule has 1 saturated heterocycles. The maximum Gasteiger partial charge on any atom is 0.338 e. The number of hydrogen-bond acceptors (Lipinski definition) is 5. The first-order valence-corrected chi connectivity index (χ1v) is 9.38. The van der Waals surface area contributed by atoms with Crippen molar-refractivity contribution in [1.82, 2.24) is 0 Å². The molecule has 2 aromatic carbocycles. The van der Waals surface area contributed by atoms with Gasteiger partial charge in [0.25, 0.3) is 0 Å². The molecule has 3 rings (SSSR count). The molecular formula is C22H23NO5. The standard InChI is InChI=1S/C22H23NO5/c1-3-27-19-12-8-16(9-13-19)21(25)15(2)28-22(26)17-6-10-18(11-7-17)23-14-4-5-20(23)24/h6-13,15H,3-5,14H2,1-2H3/t15-/m1/s1. The van der Waals surface area contributed by atoms with Crippen molar-refractivity contribution in [2.75, 3.05) is 18.1 Å². The van der Waals surface area contributed by atoms with Gasteiger partial charge in [0.15, 0.2) is 6.10 Å². The number of rotatable bonds is 7.